The maximum Gasteiger partial charge on any atom is 0.417 e. The van der Waals surface area contributed by atoms with Crippen LogP contribution in [0.4, 0.5) is 29.6 Å². The number of ether oxygens (including phenoxy) is 2. The van der Waals surface area contributed by atoms with E-state index in [-0.39, 0.29) is 41.6 Å². The summed E-state index contributed by atoms with van der Waals surface area (Å²) in [6.07, 6.45) is -1.57. The Morgan fingerprint density at radius 1 is 1.12 bits per heavy atom. The van der Waals surface area contributed by atoms with Crippen molar-refractivity contribution in [1.82, 2.24) is 34.7 Å². The van der Waals surface area contributed by atoms with Crippen molar-refractivity contribution in [2.75, 3.05) is 69.8 Å². The smallest absolute Gasteiger partial charge is 0.417 e. The van der Waals surface area contributed by atoms with E-state index in [4.69, 9.17) is 4.74 Å². The van der Waals surface area contributed by atoms with E-state index >= 15 is 0 Å². The zero-order chi connectivity index (χ0) is 34.6. The molecule has 0 spiro atoms. The van der Waals surface area contributed by atoms with E-state index in [0.717, 1.165) is 30.5 Å². The van der Waals surface area contributed by atoms with Crippen LogP contribution in [0.5, 0.6) is 0 Å². The normalized spacial score (nSPS) is 17.3. The van der Waals surface area contributed by atoms with Crippen molar-refractivity contribution >= 4 is 35.1 Å². The van der Waals surface area contributed by atoms with Crippen molar-refractivity contribution in [1.29, 1.82) is 0 Å². The summed E-state index contributed by atoms with van der Waals surface area (Å²) in [5.74, 6) is -0.532. The first-order valence-electron chi connectivity index (χ1n) is 15.4. The number of nitrogens with zero attached hydrogens (tertiary/aromatic N) is 7. The van der Waals surface area contributed by atoms with Gasteiger partial charge in [-0.05, 0) is 38.5 Å². The molecule has 2 saturated heterocycles. The van der Waals surface area contributed by atoms with Gasteiger partial charge in [0.1, 0.15) is 11.3 Å². The Morgan fingerprint density at radius 2 is 1.88 bits per heavy atom. The molecular formula is C31H38F3N9O5. The highest BCUT2D eigenvalue weighted by molar-refractivity contribution is 5.91. The lowest BCUT2D eigenvalue weighted by Gasteiger charge is -2.34. The van der Waals surface area contributed by atoms with Crippen molar-refractivity contribution in [3.8, 4) is 11.4 Å². The summed E-state index contributed by atoms with van der Waals surface area (Å²) in [5, 5.41) is 9.27. The first kappa shape index (κ1) is 34.6. The minimum Gasteiger partial charge on any atom is -0.453 e. The predicted molar refractivity (Wildman–Crippen MR) is 169 cm³/mol. The molecular weight excluding hydrogens is 635 g/mol. The zero-order valence-electron chi connectivity index (χ0n) is 27.1. The van der Waals surface area contributed by atoms with Crippen LogP contribution >= 0.6 is 0 Å². The molecule has 5 rings (SSSR count). The Labute approximate surface area is 274 Å². The largest absolute Gasteiger partial charge is 0.453 e. The summed E-state index contributed by atoms with van der Waals surface area (Å²) in [7, 11) is 1.09. The van der Waals surface area contributed by atoms with Crippen LogP contribution in [-0.2, 0) is 31.8 Å². The molecule has 2 N–H and O–H groups in total. The summed E-state index contributed by atoms with van der Waals surface area (Å²) in [4.78, 5) is 50.7. The van der Waals surface area contributed by atoms with Gasteiger partial charge in [-0.3, -0.25) is 19.8 Å². The number of fused-ring (bicyclic) bond motifs is 1. The second-order valence-corrected chi connectivity index (χ2v) is 11.9. The number of carbonyl (C=O) groups is 3. The van der Waals surface area contributed by atoms with Gasteiger partial charge in [0.05, 0.1) is 44.0 Å². The van der Waals surface area contributed by atoms with Gasteiger partial charge in [0, 0.05) is 57.7 Å². The van der Waals surface area contributed by atoms with Gasteiger partial charge >= 0.3 is 12.3 Å². The molecule has 3 aromatic rings. The lowest BCUT2D eigenvalue weighted by molar-refractivity contribution is -0.137. The topological polar surface area (TPSA) is 147 Å². The summed E-state index contributed by atoms with van der Waals surface area (Å²) >= 11 is 0. The zero-order valence-corrected chi connectivity index (χ0v) is 27.1. The fourth-order valence-corrected chi connectivity index (χ4v) is 5.58. The number of nitrogens with one attached hydrogen (secondary N) is 2. The quantitative estimate of drug-likeness (QED) is 0.343. The van der Waals surface area contributed by atoms with E-state index in [1.807, 2.05) is 17.9 Å². The Balaban J connectivity index is 1.40. The third-order valence-electron chi connectivity index (χ3n) is 7.97. The SMILES string of the molecule is COC(=O)Nc1cc(C(F)(F)F)c(-c2nc(N3CCOC[C@@H]3C)c3cc(CN4CCN(C(=O)CNC(=O)C=C(C)C)CC4)cn3n2)cn1. The Kier molecular flexibility index (Phi) is 10.5. The molecule has 48 heavy (non-hydrogen) atoms. The highest BCUT2D eigenvalue weighted by Crippen LogP contribution is 2.38. The number of anilines is 2. The van der Waals surface area contributed by atoms with E-state index in [2.05, 4.69) is 35.3 Å². The summed E-state index contributed by atoms with van der Waals surface area (Å²) in [5.41, 5.74) is 0.904. The van der Waals surface area contributed by atoms with Crippen LogP contribution in [0, 0.1) is 0 Å². The molecule has 3 aromatic heterocycles. The molecule has 3 amide bonds. The van der Waals surface area contributed by atoms with Gasteiger partial charge < -0.3 is 24.6 Å². The fraction of sp³-hybridized carbons (Fsp3) is 0.484. The second-order valence-electron chi connectivity index (χ2n) is 11.9. The maximum absolute atomic E-state index is 14.3. The molecule has 2 aliphatic rings. The molecule has 2 fully saturated rings. The maximum atomic E-state index is 14.3. The molecule has 0 bridgehead atoms. The van der Waals surface area contributed by atoms with E-state index in [9.17, 15) is 27.6 Å². The average molecular weight is 674 g/mol. The van der Waals surface area contributed by atoms with E-state index in [1.165, 1.54) is 10.6 Å². The first-order valence-corrected chi connectivity index (χ1v) is 15.4. The van der Waals surface area contributed by atoms with Crippen LogP contribution in [0.15, 0.2) is 36.2 Å². The van der Waals surface area contributed by atoms with Gasteiger partial charge in [0.15, 0.2) is 11.6 Å². The van der Waals surface area contributed by atoms with Crippen LogP contribution in [0.25, 0.3) is 16.9 Å². The molecule has 0 unspecified atom stereocenters. The highest BCUT2D eigenvalue weighted by Gasteiger charge is 2.36. The van der Waals surface area contributed by atoms with Gasteiger partial charge in [-0.2, -0.15) is 13.2 Å². The minimum absolute atomic E-state index is 0.0761. The van der Waals surface area contributed by atoms with Crippen LogP contribution in [-0.4, -0.2) is 113 Å². The minimum atomic E-state index is -4.81. The lowest BCUT2D eigenvalue weighted by Crippen LogP contribution is -2.50. The average Bonchev–Trinajstić information content (AvgIpc) is 3.45. The van der Waals surface area contributed by atoms with Crippen LogP contribution in [0.3, 0.4) is 0 Å². The summed E-state index contributed by atoms with van der Waals surface area (Å²) < 4.78 is 54.6. The summed E-state index contributed by atoms with van der Waals surface area (Å²) in [6, 6.07) is 2.54. The van der Waals surface area contributed by atoms with Gasteiger partial charge in [-0.1, -0.05) is 5.57 Å². The van der Waals surface area contributed by atoms with E-state index in [0.29, 0.717) is 63.8 Å². The Morgan fingerprint density at radius 3 is 2.54 bits per heavy atom. The number of aromatic nitrogens is 4. The third-order valence-corrected chi connectivity index (χ3v) is 7.97. The monoisotopic (exact) mass is 673 g/mol. The number of morpholine rings is 1. The standard InChI is InChI=1S/C31H38F3N9O5/c1-19(2)11-26(44)36-15-27(45)41-7-5-40(6-8-41)16-21-12-24-29(42-9-10-48-18-20(42)3)38-28(39-43(24)17-21)22-14-35-25(37-30(46)47-4)13-23(22)31(32,33)34/h11-14,17,20H,5-10,15-16,18H2,1-4H3,(H,36,44)(H,35,37,46)/t20-/m0/s1. The highest BCUT2D eigenvalue weighted by atomic mass is 19.4. The van der Waals surface area contributed by atoms with Gasteiger partial charge in [0.25, 0.3) is 0 Å². The second kappa shape index (κ2) is 14.6. The molecule has 14 nitrogen and oxygen atoms in total. The number of amides is 3. The number of methoxy groups -OCH3 is 1. The number of carbonyl (C=O) groups excluding carboxylic acids is 3. The van der Waals surface area contributed by atoms with Crippen LogP contribution in [0.2, 0.25) is 0 Å². The molecule has 0 aromatic carbocycles. The molecule has 17 heteroatoms. The predicted octanol–water partition coefficient (Wildman–Crippen LogP) is 2.94. The number of allylic oxidation sites excluding steroid dienone is 1. The van der Waals surface area contributed by atoms with Crippen molar-refractivity contribution in [3.05, 3.63) is 47.3 Å². The molecule has 0 aliphatic carbocycles. The molecule has 0 radical (unpaired) electrons. The molecule has 2 aliphatic heterocycles. The molecule has 258 valence electrons. The van der Waals surface area contributed by atoms with Crippen LogP contribution in [0.1, 0.15) is 31.9 Å². The van der Waals surface area contributed by atoms with Gasteiger partial charge in [-0.15, -0.1) is 5.10 Å². The van der Waals surface area contributed by atoms with Gasteiger partial charge in [-0.25, -0.2) is 19.3 Å². The van der Waals surface area contributed by atoms with Crippen molar-refractivity contribution in [2.24, 2.45) is 0 Å². The fourth-order valence-electron chi connectivity index (χ4n) is 5.58. The lowest BCUT2D eigenvalue weighted by atomic mass is 10.1. The molecule has 5 heterocycles. The number of hydrogen-bond acceptors (Lipinski definition) is 10. The number of alkyl halides is 3. The molecule has 1 atom stereocenters. The number of halogens is 3. The molecule has 0 saturated carbocycles. The van der Waals surface area contributed by atoms with Crippen LogP contribution < -0.4 is 15.5 Å². The number of piperazine rings is 1. The Hall–Kier alpha value is -4.77. The number of hydrogen-bond donors (Lipinski definition) is 2. The third kappa shape index (κ3) is 8.20. The first-order chi connectivity index (χ1) is 22.8. The summed E-state index contributed by atoms with van der Waals surface area (Å²) in [6.45, 7) is 9.47. The van der Waals surface area contributed by atoms with Crippen molar-refractivity contribution < 1.29 is 37.0 Å². The van der Waals surface area contributed by atoms with Gasteiger partial charge in [0.2, 0.25) is 11.8 Å². The van der Waals surface area contributed by atoms with E-state index in [1.54, 1.807) is 24.9 Å². The number of pyridine rings is 1. The Bertz CT molecular complexity index is 1700. The number of rotatable bonds is 8. The van der Waals surface area contributed by atoms with Crippen molar-refractivity contribution in [2.45, 2.75) is 39.5 Å². The van der Waals surface area contributed by atoms with Crippen molar-refractivity contribution in [3.63, 3.8) is 0 Å². The van der Waals surface area contributed by atoms with E-state index < -0.39 is 17.8 Å².